The maximum Gasteiger partial charge on any atom is 0.310 e. The highest BCUT2D eigenvalue weighted by molar-refractivity contribution is 5.75. The van der Waals surface area contributed by atoms with Gasteiger partial charge >= 0.3 is 11.7 Å². The number of phenols is 1. The lowest BCUT2D eigenvalue weighted by molar-refractivity contribution is -0.385. The first-order valence-electron chi connectivity index (χ1n) is 4.71. The molecule has 1 aromatic carbocycles. The number of aliphatic carboxylic acids is 1. The maximum atomic E-state index is 10.6. The molecule has 1 aromatic rings. The Labute approximate surface area is 90.3 Å². The summed E-state index contributed by atoms with van der Waals surface area (Å²) in [5.74, 6) is -1.86. The van der Waals surface area contributed by atoms with E-state index in [2.05, 4.69) is 0 Å². The van der Waals surface area contributed by atoms with Crippen LogP contribution in [0.25, 0.3) is 0 Å². The normalized spacial score (nSPS) is 22.8. The van der Waals surface area contributed by atoms with Crippen LogP contribution in [0.4, 0.5) is 5.69 Å². The summed E-state index contributed by atoms with van der Waals surface area (Å²) in [6.07, 6.45) is 0.520. The second kappa shape index (κ2) is 3.48. The van der Waals surface area contributed by atoms with Gasteiger partial charge in [0, 0.05) is 6.07 Å². The molecule has 1 saturated carbocycles. The van der Waals surface area contributed by atoms with Crippen molar-refractivity contribution in [2.75, 3.05) is 0 Å². The number of hydrogen-bond acceptors (Lipinski definition) is 4. The third-order valence-corrected chi connectivity index (χ3v) is 2.73. The Hall–Kier alpha value is -2.11. The van der Waals surface area contributed by atoms with Crippen LogP contribution >= 0.6 is 0 Å². The number of nitro groups is 1. The van der Waals surface area contributed by atoms with Gasteiger partial charge in [-0.05, 0) is 24.0 Å². The molecule has 0 radical (unpaired) electrons. The summed E-state index contributed by atoms with van der Waals surface area (Å²) in [6.45, 7) is 0. The Kier molecular flexibility index (Phi) is 2.26. The topological polar surface area (TPSA) is 101 Å². The van der Waals surface area contributed by atoms with Gasteiger partial charge in [-0.2, -0.15) is 0 Å². The molecular formula is C10H9NO5. The Morgan fingerprint density at radius 1 is 1.50 bits per heavy atom. The number of carbonyl (C=O) groups is 1. The summed E-state index contributed by atoms with van der Waals surface area (Å²) in [6, 6.07) is 3.96. The van der Waals surface area contributed by atoms with Crippen molar-refractivity contribution in [3.8, 4) is 5.75 Å². The smallest absolute Gasteiger partial charge is 0.310 e. The van der Waals surface area contributed by atoms with Crippen LogP contribution in [-0.4, -0.2) is 21.1 Å². The van der Waals surface area contributed by atoms with E-state index < -0.39 is 22.6 Å². The average molecular weight is 223 g/mol. The van der Waals surface area contributed by atoms with Gasteiger partial charge in [0.25, 0.3) is 0 Å². The molecule has 1 aliphatic rings. The Morgan fingerprint density at radius 3 is 2.62 bits per heavy atom. The lowest BCUT2D eigenvalue weighted by Gasteiger charge is -2.00. The quantitative estimate of drug-likeness (QED) is 0.597. The van der Waals surface area contributed by atoms with Crippen LogP contribution in [0.3, 0.4) is 0 Å². The number of benzene rings is 1. The fraction of sp³-hybridized carbons (Fsp3) is 0.300. The third-order valence-electron chi connectivity index (χ3n) is 2.73. The highest BCUT2D eigenvalue weighted by Gasteiger charge is 2.44. The maximum absolute atomic E-state index is 10.6. The highest BCUT2D eigenvalue weighted by atomic mass is 16.6. The second-order valence-electron chi connectivity index (χ2n) is 3.79. The van der Waals surface area contributed by atoms with Crippen molar-refractivity contribution in [3.05, 3.63) is 33.9 Å². The number of nitrogens with zero attached hydrogens (tertiary/aromatic N) is 1. The van der Waals surface area contributed by atoms with E-state index in [9.17, 15) is 20.0 Å². The fourth-order valence-electron chi connectivity index (χ4n) is 1.76. The van der Waals surface area contributed by atoms with Crippen molar-refractivity contribution >= 4 is 11.7 Å². The summed E-state index contributed by atoms with van der Waals surface area (Å²) in [5.41, 5.74) is 0.270. The van der Waals surface area contributed by atoms with E-state index in [1.165, 1.54) is 18.2 Å². The summed E-state index contributed by atoms with van der Waals surface area (Å²) in [7, 11) is 0. The molecule has 1 aliphatic carbocycles. The first-order valence-corrected chi connectivity index (χ1v) is 4.71. The van der Waals surface area contributed by atoms with E-state index in [0.717, 1.165) is 0 Å². The second-order valence-corrected chi connectivity index (χ2v) is 3.79. The zero-order valence-electron chi connectivity index (χ0n) is 8.16. The van der Waals surface area contributed by atoms with Gasteiger partial charge in [0.1, 0.15) is 0 Å². The Morgan fingerprint density at radius 2 is 2.19 bits per heavy atom. The monoisotopic (exact) mass is 223 g/mol. The van der Waals surface area contributed by atoms with E-state index in [1.54, 1.807) is 0 Å². The number of nitro benzene ring substituents is 1. The minimum atomic E-state index is -0.872. The number of rotatable bonds is 3. The van der Waals surface area contributed by atoms with Crippen LogP contribution in [0, 0.1) is 16.0 Å². The third kappa shape index (κ3) is 1.69. The standard InChI is InChI=1S/C10H9NO5/c12-9-3-5(1-2-8(9)11(15)16)6-4-7(6)10(13)14/h1-3,6-7,12H,4H2,(H,13,14)/t6-,7+/m0/s1. The zero-order chi connectivity index (χ0) is 11.9. The van der Waals surface area contributed by atoms with Crippen molar-refractivity contribution in [2.45, 2.75) is 12.3 Å². The lowest BCUT2D eigenvalue weighted by atomic mass is 10.1. The van der Waals surface area contributed by atoms with Gasteiger partial charge in [-0.3, -0.25) is 14.9 Å². The first kappa shape index (κ1) is 10.4. The number of carboxylic acid groups (broad SMARTS) is 1. The summed E-state index contributed by atoms with van der Waals surface area (Å²) in [4.78, 5) is 20.4. The lowest BCUT2D eigenvalue weighted by Crippen LogP contribution is -1.99. The zero-order valence-corrected chi connectivity index (χ0v) is 8.16. The molecular weight excluding hydrogens is 214 g/mol. The first-order chi connectivity index (χ1) is 7.50. The summed E-state index contributed by atoms with van der Waals surface area (Å²) >= 11 is 0. The van der Waals surface area contributed by atoms with Gasteiger partial charge in [0.2, 0.25) is 0 Å². The average Bonchev–Trinajstić information content (AvgIpc) is 2.96. The van der Waals surface area contributed by atoms with Crippen molar-refractivity contribution in [1.29, 1.82) is 0 Å². The predicted octanol–water partition coefficient (Wildman–Crippen LogP) is 1.49. The number of hydrogen-bond donors (Lipinski definition) is 2. The number of phenolic OH excluding ortho intramolecular Hbond substituents is 1. The molecule has 2 atom stereocenters. The van der Waals surface area contributed by atoms with Crippen molar-refractivity contribution in [2.24, 2.45) is 5.92 Å². The van der Waals surface area contributed by atoms with Gasteiger partial charge in [0.15, 0.2) is 5.75 Å². The molecule has 84 valence electrons. The van der Waals surface area contributed by atoms with Crippen molar-refractivity contribution in [3.63, 3.8) is 0 Å². The van der Waals surface area contributed by atoms with Gasteiger partial charge < -0.3 is 10.2 Å². The van der Waals surface area contributed by atoms with Crippen LogP contribution in [0.5, 0.6) is 5.75 Å². The molecule has 1 fully saturated rings. The molecule has 0 heterocycles. The van der Waals surface area contributed by atoms with E-state index in [1.807, 2.05) is 0 Å². The SMILES string of the molecule is O=C(O)[C@@H]1C[C@H]1c1ccc([N+](=O)[O-])c(O)c1. The van der Waals surface area contributed by atoms with Crippen molar-refractivity contribution < 1.29 is 19.9 Å². The Balaban J connectivity index is 2.23. The Bertz CT molecular complexity index is 470. The minimum absolute atomic E-state index is 0.135. The molecule has 0 spiro atoms. The van der Waals surface area contributed by atoms with Gasteiger partial charge in [0.05, 0.1) is 10.8 Å². The molecule has 2 N–H and O–H groups in total. The molecule has 0 unspecified atom stereocenters. The molecule has 0 aromatic heterocycles. The summed E-state index contributed by atoms with van der Waals surface area (Å²) < 4.78 is 0. The predicted molar refractivity (Wildman–Crippen MR) is 53.2 cm³/mol. The largest absolute Gasteiger partial charge is 0.502 e. The van der Waals surface area contributed by atoms with E-state index in [-0.39, 0.29) is 11.6 Å². The van der Waals surface area contributed by atoms with Crippen LogP contribution in [-0.2, 0) is 4.79 Å². The molecule has 0 amide bonds. The van der Waals surface area contributed by atoms with Crippen LogP contribution < -0.4 is 0 Å². The molecule has 6 heteroatoms. The van der Waals surface area contributed by atoms with Crippen LogP contribution in [0.15, 0.2) is 18.2 Å². The minimum Gasteiger partial charge on any atom is -0.502 e. The van der Waals surface area contributed by atoms with Gasteiger partial charge in [-0.1, -0.05) is 6.07 Å². The number of aromatic hydroxyl groups is 1. The van der Waals surface area contributed by atoms with Crippen LogP contribution in [0.2, 0.25) is 0 Å². The van der Waals surface area contributed by atoms with Crippen LogP contribution in [0.1, 0.15) is 17.9 Å². The molecule has 6 nitrogen and oxygen atoms in total. The highest BCUT2D eigenvalue weighted by Crippen LogP contribution is 2.48. The van der Waals surface area contributed by atoms with E-state index in [0.29, 0.717) is 12.0 Å². The van der Waals surface area contributed by atoms with E-state index in [4.69, 9.17) is 5.11 Å². The molecule has 0 aliphatic heterocycles. The van der Waals surface area contributed by atoms with E-state index >= 15 is 0 Å². The molecule has 0 saturated heterocycles. The molecule has 0 bridgehead atoms. The van der Waals surface area contributed by atoms with Gasteiger partial charge in [-0.25, -0.2) is 0 Å². The molecule has 2 rings (SSSR count). The summed E-state index contributed by atoms with van der Waals surface area (Å²) in [5, 5.41) is 28.5. The fourth-order valence-corrected chi connectivity index (χ4v) is 1.76. The van der Waals surface area contributed by atoms with Crippen molar-refractivity contribution in [1.82, 2.24) is 0 Å². The van der Waals surface area contributed by atoms with Gasteiger partial charge in [-0.15, -0.1) is 0 Å². The number of carboxylic acids is 1. The molecule has 16 heavy (non-hydrogen) atoms.